The number of tetrazole rings is 1. The van der Waals surface area contributed by atoms with Gasteiger partial charge in [0.1, 0.15) is 0 Å². The van der Waals surface area contributed by atoms with Crippen molar-refractivity contribution in [2.45, 2.75) is 57.0 Å². The van der Waals surface area contributed by atoms with Gasteiger partial charge in [0, 0.05) is 29.6 Å². The molecule has 0 saturated carbocycles. The van der Waals surface area contributed by atoms with E-state index in [1.807, 2.05) is 24.5 Å². The first-order valence-electron chi connectivity index (χ1n) is 9.76. The number of thioether (sulfide) groups is 1. The normalized spacial score (nSPS) is 23.7. The van der Waals surface area contributed by atoms with Crippen molar-refractivity contribution in [2.75, 3.05) is 23.9 Å². The van der Waals surface area contributed by atoms with Gasteiger partial charge in [-0.05, 0) is 49.6 Å². The van der Waals surface area contributed by atoms with Crippen LogP contribution in [-0.4, -0.2) is 68.9 Å². The van der Waals surface area contributed by atoms with Crippen molar-refractivity contribution in [3.8, 4) is 0 Å². The Balaban J connectivity index is 1.43. The molecule has 0 aliphatic carbocycles. The number of carbonyl (C=O) groups excluding carboxylic acids is 1. The van der Waals surface area contributed by atoms with E-state index in [-0.39, 0.29) is 35.2 Å². The van der Waals surface area contributed by atoms with Gasteiger partial charge in [-0.15, -0.1) is 5.10 Å². The Morgan fingerprint density at radius 1 is 1.34 bits per heavy atom. The van der Waals surface area contributed by atoms with Gasteiger partial charge in [-0.3, -0.25) is 4.79 Å². The largest absolute Gasteiger partial charge is 0.376 e. The lowest BCUT2D eigenvalue weighted by Gasteiger charge is -2.16. The molecule has 158 valence electrons. The Labute approximate surface area is 174 Å². The van der Waals surface area contributed by atoms with Gasteiger partial charge < -0.3 is 9.30 Å². The van der Waals surface area contributed by atoms with Gasteiger partial charge >= 0.3 is 0 Å². The monoisotopic (exact) mass is 439 g/mol. The van der Waals surface area contributed by atoms with Gasteiger partial charge in [0.05, 0.1) is 29.9 Å². The summed E-state index contributed by atoms with van der Waals surface area (Å²) >= 11 is 1.31. The highest BCUT2D eigenvalue weighted by molar-refractivity contribution is 7.99. The molecule has 2 aliphatic heterocycles. The van der Waals surface area contributed by atoms with Crippen molar-refractivity contribution >= 4 is 27.4 Å². The van der Waals surface area contributed by atoms with E-state index in [0.29, 0.717) is 23.7 Å². The molecule has 0 unspecified atom stereocenters. The molecule has 2 aromatic heterocycles. The number of carbonyl (C=O) groups is 1. The number of rotatable bonds is 7. The van der Waals surface area contributed by atoms with Crippen molar-refractivity contribution in [3.63, 3.8) is 0 Å². The average molecular weight is 440 g/mol. The van der Waals surface area contributed by atoms with E-state index in [1.54, 1.807) is 4.68 Å². The van der Waals surface area contributed by atoms with Crippen LogP contribution in [-0.2, 0) is 21.1 Å². The standard InChI is InChI=1S/C18H25N5O4S2/c1-12-8-16(13(2)23(12)14-5-7-29(25,26)11-14)17(24)10-28-18-19-20-21-22(18)9-15-4-3-6-27-15/h8,14-15H,3-7,9-11H2,1-2H3/t14-,15-/m0/s1. The first kappa shape index (κ1) is 20.5. The summed E-state index contributed by atoms with van der Waals surface area (Å²) in [7, 11) is -2.99. The van der Waals surface area contributed by atoms with Crippen LogP contribution < -0.4 is 0 Å². The van der Waals surface area contributed by atoms with Crippen LogP contribution in [0.3, 0.4) is 0 Å². The number of aromatic nitrogens is 5. The lowest BCUT2D eigenvalue weighted by atomic mass is 10.2. The molecular formula is C18H25N5O4S2. The molecule has 0 bridgehead atoms. The topological polar surface area (TPSA) is 109 Å². The number of nitrogens with zero attached hydrogens (tertiary/aromatic N) is 5. The van der Waals surface area contributed by atoms with E-state index in [4.69, 9.17) is 4.74 Å². The number of ketones is 1. The summed E-state index contributed by atoms with van der Waals surface area (Å²) < 4.78 is 33.0. The zero-order valence-corrected chi connectivity index (χ0v) is 18.2. The molecule has 2 saturated heterocycles. The Morgan fingerprint density at radius 3 is 2.86 bits per heavy atom. The highest BCUT2D eigenvalue weighted by Crippen LogP contribution is 2.30. The summed E-state index contributed by atoms with van der Waals surface area (Å²) in [4.78, 5) is 12.9. The second-order valence-electron chi connectivity index (χ2n) is 7.70. The van der Waals surface area contributed by atoms with Crippen LogP contribution in [0.15, 0.2) is 11.2 Å². The fourth-order valence-corrected chi connectivity index (χ4v) is 6.67. The minimum absolute atomic E-state index is 0.0122. The number of hydrogen-bond acceptors (Lipinski definition) is 8. The SMILES string of the molecule is Cc1cc(C(=O)CSc2nnnn2C[C@@H]2CCCO2)c(C)n1[C@H]1CCS(=O)(=O)C1. The molecule has 11 heteroatoms. The molecule has 2 aromatic rings. The molecular weight excluding hydrogens is 414 g/mol. The summed E-state index contributed by atoms with van der Waals surface area (Å²) in [5, 5.41) is 12.4. The zero-order valence-electron chi connectivity index (χ0n) is 16.6. The second-order valence-corrected chi connectivity index (χ2v) is 10.9. The quantitative estimate of drug-likeness (QED) is 0.473. The van der Waals surface area contributed by atoms with Crippen LogP contribution in [0.4, 0.5) is 0 Å². The molecule has 2 fully saturated rings. The lowest BCUT2D eigenvalue weighted by molar-refractivity contribution is 0.0912. The molecule has 0 aromatic carbocycles. The van der Waals surface area contributed by atoms with Gasteiger partial charge in [-0.2, -0.15) is 0 Å². The summed E-state index contributed by atoms with van der Waals surface area (Å²) in [6.45, 7) is 5.17. The van der Waals surface area contributed by atoms with E-state index < -0.39 is 9.84 Å². The van der Waals surface area contributed by atoms with E-state index in [2.05, 4.69) is 15.5 Å². The minimum atomic E-state index is -2.99. The van der Waals surface area contributed by atoms with Crippen LogP contribution in [0, 0.1) is 13.8 Å². The smallest absolute Gasteiger partial charge is 0.209 e. The fraction of sp³-hybridized carbons (Fsp3) is 0.667. The van der Waals surface area contributed by atoms with Crippen molar-refractivity contribution in [3.05, 3.63) is 23.0 Å². The summed E-state index contributed by atoms with van der Waals surface area (Å²) in [5.74, 6) is 0.561. The molecule has 9 nitrogen and oxygen atoms in total. The Kier molecular flexibility index (Phi) is 5.80. The van der Waals surface area contributed by atoms with Gasteiger partial charge in [-0.25, -0.2) is 13.1 Å². The molecule has 0 N–H and O–H groups in total. The van der Waals surface area contributed by atoms with E-state index in [1.165, 1.54) is 11.8 Å². The van der Waals surface area contributed by atoms with Gasteiger partial charge in [0.15, 0.2) is 15.6 Å². The van der Waals surface area contributed by atoms with E-state index in [0.717, 1.165) is 30.8 Å². The average Bonchev–Trinajstić information content (AvgIpc) is 3.43. The number of Topliss-reactive ketones (excluding diaryl/α,β-unsaturated/α-hetero) is 1. The van der Waals surface area contributed by atoms with Crippen molar-refractivity contribution in [1.29, 1.82) is 0 Å². The molecule has 0 spiro atoms. The van der Waals surface area contributed by atoms with Crippen molar-refractivity contribution in [2.24, 2.45) is 0 Å². The number of ether oxygens (including phenoxy) is 1. The zero-order chi connectivity index (χ0) is 20.6. The molecule has 4 rings (SSSR count). The van der Waals surface area contributed by atoms with Crippen LogP contribution in [0.2, 0.25) is 0 Å². The Morgan fingerprint density at radius 2 is 2.17 bits per heavy atom. The Bertz CT molecular complexity index is 1010. The summed E-state index contributed by atoms with van der Waals surface area (Å²) in [6.07, 6.45) is 2.76. The predicted octanol–water partition coefficient (Wildman–Crippen LogP) is 1.61. The van der Waals surface area contributed by atoms with Gasteiger partial charge in [0.2, 0.25) is 5.16 Å². The van der Waals surface area contributed by atoms with E-state index in [9.17, 15) is 13.2 Å². The molecule has 2 aliphatic rings. The van der Waals surface area contributed by atoms with Crippen molar-refractivity contribution in [1.82, 2.24) is 24.8 Å². The molecule has 0 radical (unpaired) electrons. The lowest BCUT2D eigenvalue weighted by Crippen LogP contribution is -2.17. The van der Waals surface area contributed by atoms with Crippen LogP contribution in [0.5, 0.6) is 0 Å². The highest BCUT2D eigenvalue weighted by atomic mass is 32.2. The van der Waals surface area contributed by atoms with Crippen molar-refractivity contribution < 1.29 is 17.9 Å². The van der Waals surface area contributed by atoms with Crippen LogP contribution in [0.1, 0.15) is 47.1 Å². The first-order valence-corrected chi connectivity index (χ1v) is 12.6. The predicted molar refractivity (Wildman–Crippen MR) is 108 cm³/mol. The first-order chi connectivity index (χ1) is 13.8. The fourth-order valence-electron chi connectivity index (χ4n) is 4.20. The number of hydrogen-bond donors (Lipinski definition) is 0. The maximum absolute atomic E-state index is 12.9. The minimum Gasteiger partial charge on any atom is -0.376 e. The maximum atomic E-state index is 12.9. The Hall–Kier alpha value is -1.72. The van der Waals surface area contributed by atoms with Gasteiger partial charge in [-0.1, -0.05) is 11.8 Å². The molecule has 2 atom stereocenters. The third-order valence-corrected chi connectivity index (χ3v) is 8.30. The van der Waals surface area contributed by atoms with Crippen LogP contribution >= 0.6 is 11.8 Å². The molecule has 29 heavy (non-hydrogen) atoms. The third kappa shape index (κ3) is 4.41. The van der Waals surface area contributed by atoms with Crippen LogP contribution in [0.25, 0.3) is 0 Å². The van der Waals surface area contributed by atoms with Gasteiger partial charge in [0.25, 0.3) is 0 Å². The molecule has 4 heterocycles. The second kappa shape index (κ2) is 8.19. The number of aryl methyl sites for hydroxylation is 1. The summed E-state index contributed by atoms with van der Waals surface area (Å²) in [6, 6.07) is 1.77. The van der Waals surface area contributed by atoms with E-state index >= 15 is 0 Å². The summed E-state index contributed by atoms with van der Waals surface area (Å²) in [5.41, 5.74) is 2.38. The highest BCUT2D eigenvalue weighted by Gasteiger charge is 2.31. The molecule has 0 amide bonds. The maximum Gasteiger partial charge on any atom is 0.209 e. The number of sulfone groups is 1. The third-order valence-electron chi connectivity index (χ3n) is 5.59.